The summed E-state index contributed by atoms with van der Waals surface area (Å²) in [5.41, 5.74) is -0.427. The summed E-state index contributed by atoms with van der Waals surface area (Å²) in [7, 11) is -2.03. The smallest absolute Gasteiger partial charge is 0.351 e. The van der Waals surface area contributed by atoms with Gasteiger partial charge in [-0.05, 0) is 23.7 Å². The summed E-state index contributed by atoms with van der Waals surface area (Å²) in [5, 5.41) is 0.0449. The second-order valence-electron chi connectivity index (χ2n) is 7.83. The van der Waals surface area contributed by atoms with E-state index in [0.717, 1.165) is 5.57 Å². The summed E-state index contributed by atoms with van der Waals surface area (Å²) < 4.78 is 17.1. The van der Waals surface area contributed by atoms with Crippen LogP contribution in [0.1, 0.15) is 40.5 Å². The zero-order valence-corrected chi connectivity index (χ0v) is 15.3. The number of esters is 2. The first-order valence-electron chi connectivity index (χ1n) is 7.65. The van der Waals surface area contributed by atoms with Gasteiger partial charge >= 0.3 is 11.9 Å². The van der Waals surface area contributed by atoms with Gasteiger partial charge < -0.3 is 13.9 Å². The predicted octanol–water partition coefficient (Wildman–Crippen LogP) is 2.95. The molecule has 3 unspecified atom stereocenters. The molecule has 1 aliphatic heterocycles. The van der Waals surface area contributed by atoms with Crippen LogP contribution in [0.25, 0.3) is 0 Å². The standard InChI is InChI=1S/C16H26O5Si/c1-10-12-8-16(14(18)19-12,20-11(2)17)9-13(10)21-22(6,7)15(3,4)5/h12-13H,1,8-9H2,2-7H3. The second-order valence-corrected chi connectivity index (χ2v) is 12.6. The molecule has 1 heterocycles. The largest absolute Gasteiger partial charge is 0.455 e. The Morgan fingerprint density at radius 2 is 1.95 bits per heavy atom. The molecule has 0 aromatic carbocycles. The normalized spacial score (nSPS) is 31.9. The van der Waals surface area contributed by atoms with Crippen molar-refractivity contribution < 1.29 is 23.5 Å². The third kappa shape index (κ3) is 2.86. The first-order chi connectivity index (χ1) is 9.88. The van der Waals surface area contributed by atoms with E-state index in [9.17, 15) is 9.59 Å². The van der Waals surface area contributed by atoms with Crippen molar-refractivity contribution in [3.8, 4) is 0 Å². The molecule has 0 spiro atoms. The average molecular weight is 326 g/mol. The molecule has 0 amide bonds. The van der Waals surface area contributed by atoms with E-state index in [2.05, 4.69) is 40.4 Å². The van der Waals surface area contributed by atoms with Crippen LogP contribution < -0.4 is 0 Å². The fourth-order valence-electron chi connectivity index (χ4n) is 2.72. The van der Waals surface area contributed by atoms with E-state index in [-0.39, 0.29) is 11.1 Å². The molecule has 22 heavy (non-hydrogen) atoms. The third-order valence-corrected chi connectivity index (χ3v) is 9.55. The van der Waals surface area contributed by atoms with Crippen molar-refractivity contribution in [2.45, 2.75) is 76.5 Å². The van der Waals surface area contributed by atoms with Crippen LogP contribution in [0, 0.1) is 0 Å². The van der Waals surface area contributed by atoms with E-state index < -0.39 is 32.0 Å². The highest BCUT2D eigenvalue weighted by atomic mass is 28.4. The molecule has 2 aliphatic rings. The Hall–Kier alpha value is -1.14. The predicted molar refractivity (Wildman–Crippen MR) is 84.8 cm³/mol. The Kier molecular flexibility index (Phi) is 4.07. The Morgan fingerprint density at radius 3 is 2.45 bits per heavy atom. The maximum absolute atomic E-state index is 12.2. The van der Waals surface area contributed by atoms with Crippen LogP contribution >= 0.6 is 0 Å². The quantitative estimate of drug-likeness (QED) is 0.453. The summed E-state index contributed by atoms with van der Waals surface area (Å²) in [6, 6.07) is 0. The van der Waals surface area contributed by atoms with E-state index >= 15 is 0 Å². The van der Waals surface area contributed by atoms with Crippen molar-refractivity contribution in [2.75, 3.05) is 0 Å². The summed E-state index contributed by atoms with van der Waals surface area (Å²) in [5.74, 6) is -0.952. The van der Waals surface area contributed by atoms with Crippen molar-refractivity contribution in [1.29, 1.82) is 0 Å². The van der Waals surface area contributed by atoms with Gasteiger partial charge in [-0.3, -0.25) is 4.79 Å². The molecule has 2 fully saturated rings. The van der Waals surface area contributed by atoms with Crippen molar-refractivity contribution in [3.05, 3.63) is 12.2 Å². The summed E-state index contributed by atoms with van der Waals surface area (Å²) in [6.07, 6.45) is -0.0877. The number of carbonyl (C=O) groups excluding carboxylic acids is 2. The minimum atomic E-state index is -2.03. The third-order valence-electron chi connectivity index (χ3n) is 5.06. The van der Waals surface area contributed by atoms with E-state index in [1.165, 1.54) is 6.92 Å². The monoisotopic (exact) mass is 326 g/mol. The van der Waals surface area contributed by atoms with Gasteiger partial charge in [0.2, 0.25) is 5.60 Å². The lowest BCUT2D eigenvalue weighted by Crippen LogP contribution is -2.51. The van der Waals surface area contributed by atoms with Crippen molar-refractivity contribution in [1.82, 2.24) is 0 Å². The highest BCUT2D eigenvalue weighted by Gasteiger charge is 2.59. The van der Waals surface area contributed by atoms with E-state index in [1.807, 2.05) is 0 Å². The molecule has 0 aromatic heterocycles. The summed E-state index contributed by atoms with van der Waals surface area (Å²) >= 11 is 0. The highest BCUT2D eigenvalue weighted by molar-refractivity contribution is 6.74. The number of rotatable bonds is 3. The molecule has 1 aliphatic carbocycles. The van der Waals surface area contributed by atoms with Gasteiger partial charge in [0, 0.05) is 19.8 Å². The maximum Gasteiger partial charge on any atom is 0.351 e. The molecule has 1 saturated heterocycles. The van der Waals surface area contributed by atoms with Gasteiger partial charge in [0.05, 0.1) is 6.10 Å². The van der Waals surface area contributed by atoms with Crippen LogP contribution in [0.2, 0.25) is 18.1 Å². The summed E-state index contributed by atoms with van der Waals surface area (Å²) in [4.78, 5) is 23.6. The number of ether oxygens (including phenoxy) is 2. The topological polar surface area (TPSA) is 61.8 Å². The molecule has 2 bridgehead atoms. The SMILES string of the molecule is C=C1C2CC(OC(C)=O)(CC1O[Si](C)(C)C(C)(C)C)C(=O)O2. The number of hydrogen-bond acceptors (Lipinski definition) is 5. The van der Waals surface area contributed by atoms with Crippen LogP contribution in [0.4, 0.5) is 0 Å². The molecule has 0 aromatic rings. The van der Waals surface area contributed by atoms with Crippen LogP contribution in [-0.2, 0) is 23.5 Å². The Balaban J connectivity index is 2.26. The van der Waals surface area contributed by atoms with Gasteiger partial charge in [0.15, 0.2) is 8.32 Å². The Morgan fingerprint density at radius 1 is 1.36 bits per heavy atom. The molecule has 5 nitrogen and oxygen atoms in total. The lowest BCUT2D eigenvalue weighted by Gasteiger charge is -2.43. The van der Waals surface area contributed by atoms with E-state index in [1.54, 1.807) is 0 Å². The van der Waals surface area contributed by atoms with Gasteiger partial charge in [-0.2, -0.15) is 0 Å². The molecule has 124 valence electrons. The molecule has 3 atom stereocenters. The van der Waals surface area contributed by atoms with Gasteiger partial charge in [-0.15, -0.1) is 0 Å². The molecule has 0 radical (unpaired) electrons. The molecule has 2 rings (SSSR count). The van der Waals surface area contributed by atoms with Crippen molar-refractivity contribution >= 4 is 20.3 Å². The lowest BCUT2D eigenvalue weighted by atomic mass is 9.81. The van der Waals surface area contributed by atoms with Gasteiger partial charge in [0.25, 0.3) is 0 Å². The number of fused-ring (bicyclic) bond motifs is 2. The van der Waals surface area contributed by atoms with Crippen LogP contribution in [0.5, 0.6) is 0 Å². The van der Waals surface area contributed by atoms with E-state index in [0.29, 0.717) is 12.8 Å². The fourth-order valence-corrected chi connectivity index (χ4v) is 4.02. The zero-order valence-electron chi connectivity index (χ0n) is 14.3. The fraction of sp³-hybridized carbons (Fsp3) is 0.750. The second kappa shape index (κ2) is 5.20. The number of hydrogen-bond donors (Lipinski definition) is 0. The minimum absolute atomic E-state index is 0.0449. The lowest BCUT2D eigenvalue weighted by molar-refractivity contribution is -0.172. The first kappa shape index (κ1) is 17.2. The molecule has 6 heteroatoms. The van der Waals surface area contributed by atoms with E-state index in [4.69, 9.17) is 13.9 Å². The molecule has 0 N–H and O–H groups in total. The minimum Gasteiger partial charge on any atom is -0.455 e. The summed E-state index contributed by atoms with van der Waals surface area (Å²) in [6.45, 7) is 16.1. The highest BCUT2D eigenvalue weighted by Crippen LogP contribution is 2.47. The average Bonchev–Trinajstić information content (AvgIpc) is 2.57. The maximum atomic E-state index is 12.2. The van der Waals surface area contributed by atoms with Crippen molar-refractivity contribution in [3.63, 3.8) is 0 Å². The molecule has 1 saturated carbocycles. The van der Waals surface area contributed by atoms with Gasteiger partial charge in [-0.25, -0.2) is 4.79 Å². The molecular formula is C16H26O5Si. The molecular weight excluding hydrogens is 300 g/mol. The Labute approximate surface area is 133 Å². The first-order valence-corrected chi connectivity index (χ1v) is 10.6. The number of carbonyl (C=O) groups is 2. The van der Waals surface area contributed by atoms with Gasteiger partial charge in [0.1, 0.15) is 6.10 Å². The van der Waals surface area contributed by atoms with Crippen molar-refractivity contribution in [2.24, 2.45) is 0 Å². The Bertz CT molecular complexity index is 519. The zero-order chi connectivity index (χ0) is 16.9. The van der Waals surface area contributed by atoms with Crippen LogP contribution in [-0.4, -0.2) is 38.1 Å². The van der Waals surface area contributed by atoms with Crippen LogP contribution in [0.3, 0.4) is 0 Å². The van der Waals surface area contributed by atoms with Gasteiger partial charge in [-0.1, -0.05) is 27.4 Å². The van der Waals surface area contributed by atoms with Crippen LogP contribution in [0.15, 0.2) is 12.2 Å².